The van der Waals surface area contributed by atoms with Crippen LogP contribution in [0.15, 0.2) is 24.3 Å². The first-order valence-electron chi connectivity index (χ1n) is 7.29. The van der Waals surface area contributed by atoms with E-state index in [0.29, 0.717) is 17.4 Å². The first-order valence-corrected chi connectivity index (χ1v) is 7.29. The van der Waals surface area contributed by atoms with Gasteiger partial charge in [-0.3, -0.25) is 4.68 Å². The molecule has 0 aliphatic carbocycles. The van der Waals surface area contributed by atoms with E-state index in [-0.39, 0.29) is 6.04 Å². The van der Waals surface area contributed by atoms with Gasteiger partial charge >= 0.3 is 0 Å². The van der Waals surface area contributed by atoms with Gasteiger partial charge in [-0.05, 0) is 26.8 Å². The minimum absolute atomic E-state index is 0.240. The Morgan fingerprint density at radius 3 is 2.68 bits per heavy atom. The van der Waals surface area contributed by atoms with E-state index in [1.54, 1.807) is 4.68 Å². The fourth-order valence-corrected chi connectivity index (χ4v) is 2.44. The number of nitrogens with one attached hydrogen (secondary N) is 1. The summed E-state index contributed by atoms with van der Waals surface area (Å²) >= 11 is 0. The van der Waals surface area contributed by atoms with Crippen molar-refractivity contribution in [3.8, 4) is 11.3 Å². The van der Waals surface area contributed by atoms with Gasteiger partial charge in [0.05, 0.1) is 11.1 Å². The minimum Gasteiger partial charge on any atom is -0.383 e. The Morgan fingerprint density at radius 1 is 1.23 bits per heavy atom. The molecule has 6 nitrogen and oxygen atoms in total. The molecule has 0 amide bonds. The monoisotopic (exact) mass is 296 g/mol. The highest BCUT2D eigenvalue weighted by atomic mass is 15.3. The van der Waals surface area contributed by atoms with Crippen LogP contribution in [0.3, 0.4) is 0 Å². The zero-order chi connectivity index (χ0) is 15.9. The molecule has 3 aromatic rings. The number of fused-ring (bicyclic) bond motifs is 1. The zero-order valence-electron chi connectivity index (χ0n) is 13.3. The van der Waals surface area contributed by atoms with Gasteiger partial charge in [0.1, 0.15) is 5.82 Å². The van der Waals surface area contributed by atoms with Crippen molar-refractivity contribution in [1.82, 2.24) is 19.7 Å². The van der Waals surface area contributed by atoms with E-state index < -0.39 is 0 Å². The molecule has 0 fully saturated rings. The van der Waals surface area contributed by atoms with Gasteiger partial charge in [-0.2, -0.15) is 10.1 Å². The lowest BCUT2D eigenvalue weighted by Gasteiger charge is -2.10. The van der Waals surface area contributed by atoms with Gasteiger partial charge in [0.2, 0.25) is 5.95 Å². The van der Waals surface area contributed by atoms with Crippen LogP contribution in [0.2, 0.25) is 0 Å². The van der Waals surface area contributed by atoms with Crippen molar-refractivity contribution in [3.63, 3.8) is 0 Å². The number of hydrogen-bond acceptors (Lipinski definition) is 5. The predicted molar refractivity (Wildman–Crippen MR) is 89.6 cm³/mol. The Hall–Kier alpha value is -2.63. The molecule has 3 N–H and O–H groups in total. The highest BCUT2D eigenvalue weighted by Gasteiger charge is 2.17. The number of nitrogens with two attached hydrogens (primary N) is 1. The minimum atomic E-state index is 0.240. The Morgan fingerprint density at radius 2 is 2.00 bits per heavy atom. The summed E-state index contributed by atoms with van der Waals surface area (Å²) in [7, 11) is 1.81. The number of benzene rings is 1. The standard InChI is InChI=1S/C16H20N6/c1-9(2)18-16-19-13(11-7-5-6-10(3)8-11)12-14(17)22(4)21-15(12)20-16/h5-9H,17H2,1-4H3,(H,18,20,21). The third-order valence-corrected chi connectivity index (χ3v) is 3.45. The van der Waals surface area contributed by atoms with Crippen molar-refractivity contribution in [3.05, 3.63) is 29.8 Å². The van der Waals surface area contributed by atoms with Crippen LogP contribution in [0.5, 0.6) is 0 Å². The van der Waals surface area contributed by atoms with Gasteiger partial charge in [0, 0.05) is 18.7 Å². The Kier molecular flexibility index (Phi) is 3.44. The number of aromatic nitrogens is 4. The number of nitrogen functional groups attached to an aromatic ring is 1. The summed E-state index contributed by atoms with van der Waals surface area (Å²) in [5.41, 5.74) is 9.76. The normalized spacial score (nSPS) is 11.3. The van der Waals surface area contributed by atoms with Crippen LogP contribution in [0.1, 0.15) is 19.4 Å². The average molecular weight is 296 g/mol. The number of hydrogen-bond donors (Lipinski definition) is 2. The third-order valence-electron chi connectivity index (χ3n) is 3.45. The summed E-state index contributed by atoms with van der Waals surface area (Å²) in [5.74, 6) is 1.14. The molecule has 0 spiro atoms. The Bertz CT molecular complexity index is 834. The second-order valence-corrected chi connectivity index (χ2v) is 5.77. The highest BCUT2D eigenvalue weighted by molar-refractivity contribution is 5.98. The third kappa shape index (κ3) is 2.47. The fourth-order valence-electron chi connectivity index (χ4n) is 2.44. The molecule has 2 heterocycles. The maximum atomic E-state index is 6.17. The maximum absolute atomic E-state index is 6.17. The fraction of sp³-hybridized carbons (Fsp3) is 0.312. The lowest BCUT2D eigenvalue weighted by atomic mass is 10.1. The highest BCUT2D eigenvalue weighted by Crippen LogP contribution is 2.31. The van der Waals surface area contributed by atoms with Crippen LogP contribution in [0.4, 0.5) is 11.8 Å². The lowest BCUT2D eigenvalue weighted by molar-refractivity contribution is 0.786. The van der Waals surface area contributed by atoms with E-state index in [1.807, 2.05) is 33.0 Å². The predicted octanol–water partition coefficient (Wildman–Crippen LogP) is 2.74. The van der Waals surface area contributed by atoms with Crippen LogP contribution in [-0.2, 0) is 7.05 Å². The number of aryl methyl sites for hydroxylation is 2. The van der Waals surface area contributed by atoms with E-state index in [2.05, 4.69) is 39.4 Å². The van der Waals surface area contributed by atoms with E-state index in [1.165, 1.54) is 5.56 Å². The molecule has 6 heteroatoms. The largest absolute Gasteiger partial charge is 0.383 e. The maximum Gasteiger partial charge on any atom is 0.225 e. The first kappa shape index (κ1) is 14.3. The van der Waals surface area contributed by atoms with Crippen LogP contribution < -0.4 is 11.1 Å². The summed E-state index contributed by atoms with van der Waals surface area (Å²) in [6.45, 7) is 6.15. The van der Waals surface area contributed by atoms with Crippen molar-refractivity contribution >= 4 is 22.8 Å². The van der Waals surface area contributed by atoms with Gasteiger partial charge in [0.15, 0.2) is 5.65 Å². The molecule has 0 atom stereocenters. The molecule has 0 bridgehead atoms. The van der Waals surface area contributed by atoms with Crippen molar-refractivity contribution in [1.29, 1.82) is 0 Å². The van der Waals surface area contributed by atoms with Crippen molar-refractivity contribution < 1.29 is 0 Å². The number of anilines is 2. The molecule has 1 aromatic carbocycles. The van der Waals surface area contributed by atoms with Crippen molar-refractivity contribution in [2.45, 2.75) is 26.8 Å². The van der Waals surface area contributed by atoms with E-state index >= 15 is 0 Å². The van der Waals surface area contributed by atoms with E-state index in [9.17, 15) is 0 Å². The van der Waals surface area contributed by atoms with Gasteiger partial charge < -0.3 is 11.1 Å². The molecule has 114 valence electrons. The van der Waals surface area contributed by atoms with Crippen molar-refractivity contribution in [2.24, 2.45) is 7.05 Å². The molecule has 0 aliphatic rings. The van der Waals surface area contributed by atoms with Crippen LogP contribution in [0.25, 0.3) is 22.3 Å². The number of nitrogens with zero attached hydrogens (tertiary/aromatic N) is 4. The molecular formula is C16H20N6. The SMILES string of the molecule is Cc1cccc(-c2nc(NC(C)C)nc3nn(C)c(N)c23)c1. The second kappa shape index (κ2) is 5.29. The summed E-state index contributed by atoms with van der Waals surface area (Å²) in [5, 5.41) is 8.42. The quantitative estimate of drug-likeness (QED) is 0.776. The average Bonchev–Trinajstić information content (AvgIpc) is 2.72. The van der Waals surface area contributed by atoms with Gasteiger partial charge in [-0.1, -0.05) is 23.8 Å². The van der Waals surface area contributed by atoms with Gasteiger partial charge in [-0.25, -0.2) is 4.98 Å². The molecule has 22 heavy (non-hydrogen) atoms. The molecule has 3 rings (SSSR count). The van der Waals surface area contributed by atoms with Gasteiger partial charge in [-0.15, -0.1) is 0 Å². The smallest absolute Gasteiger partial charge is 0.225 e. The summed E-state index contributed by atoms with van der Waals surface area (Å²) in [6.07, 6.45) is 0. The van der Waals surface area contributed by atoms with E-state index in [4.69, 9.17) is 5.73 Å². The van der Waals surface area contributed by atoms with Gasteiger partial charge in [0.25, 0.3) is 0 Å². The molecular weight excluding hydrogens is 276 g/mol. The molecule has 0 saturated heterocycles. The van der Waals surface area contributed by atoms with Crippen molar-refractivity contribution in [2.75, 3.05) is 11.1 Å². The number of rotatable bonds is 3. The topological polar surface area (TPSA) is 81.7 Å². The van der Waals surface area contributed by atoms with Crippen LogP contribution in [0, 0.1) is 6.92 Å². The zero-order valence-corrected chi connectivity index (χ0v) is 13.3. The summed E-state index contributed by atoms with van der Waals surface area (Å²) < 4.78 is 1.64. The molecule has 0 radical (unpaired) electrons. The first-order chi connectivity index (χ1) is 10.5. The van der Waals surface area contributed by atoms with Crippen LogP contribution >= 0.6 is 0 Å². The molecule has 2 aromatic heterocycles. The second-order valence-electron chi connectivity index (χ2n) is 5.77. The van der Waals surface area contributed by atoms with E-state index in [0.717, 1.165) is 16.6 Å². The Balaban J connectivity index is 2.29. The lowest BCUT2D eigenvalue weighted by Crippen LogP contribution is -2.13. The van der Waals surface area contributed by atoms with Crippen LogP contribution in [-0.4, -0.2) is 25.8 Å². The summed E-state index contributed by atoms with van der Waals surface area (Å²) in [4.78, 5) is 9.14. The summed E-state index contributed by atoms with van der Waals surface area (Å²) in [6, 6.07) is 8.43. The molecule has 0 aliphatic heterocycles. The molecule has 0 saturated carbocycles. The Labute approximate surface area is 129 Å². The molecule has 0 unspecified atom stereocenters.